The van der Waals surface area contributed by atoms with Gasteiger partial charge in [-0.2, -0.15) is 15.0 Å². The summed E-state index contributed by atoms with van der Waals surface area (Å²) in [5, 5.41) is 3.14. The van der Waals surface area contributed by atoms with Crippen molar-refractivity contribution in [3.63, 3.8) is 0 Å². The van der Waals surface area contributed by atoms with Gasteiger partial charge in [0.2, 0.25) is 17.8 Å². The minimum Gasteiger partial charge on any atom is -0.354 e. The maximum atomic E-state index is 4.50. The fourth-order valence-electron chi connectivity index (χ4n) is 1.82. The molecule has 0 saturated heterocycles. The number of hydrogen-bond donors (Lipinski definition) is 1. The van der Waals surface area contributed by atoms with Gasteiger partial charge in [-0.1, -0.05) is 17.7 Å². The van der Waals surface area contributed by atoms with Crippen molar-refractivity contribution >= 4 is 23.5 Å². The zero-order valence-electron chi connectivity index (χ0n) is 13.3. The quantitative estimate of drug-likeness (QED) is 0.911. The van der Waals surface area contributed by atoms with Gasteiger partial charge in [-0.3, -0.25) is 0 Å². The van der Waals surface area contributed by atoms with E-state index in [1.807, 2.05) is 37.9 Å². The van der Waals surface area contributed by atoms with Crippen LogP contribution in [0.25, 0.3) is 0 Å². The Balaban J connectivity index is 2.39. The van der Waals surface area contributed by atoms with Crippen LogP contribution in [0.1, 0.15) is 12.5 Å². The SMILES string of the molecule is CCNc1nc(N(C)C)nc(N(C)c2ccc(C)cc2)n1. The van der Waals surface area contributed by atoms with E-state index in [-0.39, 0.29) is 0 Å². The molecule has 1 aromatic heterocycles. The van der Waals surface area contributed by atoms with Crippen molar-refractivity contribution in [3.05, 3.63) is 29.8 Å². The summed E-state index contributed by atoms with van der Waals surface area (Å²) in [6, 6.07) is 8.26. The number of nitrogens with zero attached hydrogens (tertiary/aromatic N) is 5. The molecule has 1 heterocycles. The molecular formula is C15H22N6. The predicted octanol–water partition coefficient (Wildman–Crippen LogP) is 2.45. The van der Waals surface area contributed by atoms with Gasteiger partial charge in [-0.15, -0.1) is 0 Å². The van der Waals surface area contributed by atoms with E-state index in [4.69, 9.17) is 0 Å². The van der Waals surface area contributed by atoms with Crippen LogP contribution in [0.15, 0.2) is 24.3 Å². The van der Waals surface area contributed by atoms with E-state index in [0.717, 1.165) is 12.2 Å². The molecule has 1 aromatic carbocycles. The molecule has 0 bridgehead atoms. The Labute approximate surface area is 125 Å². The first-order chi connectivity index (χ1) is 10.0. The van der Waals surface area contributed by atoms with Gasteiger partial charge < -0.3 is 15.1 Å². The number of rotatable bonds is 5. The van der Waals surface area contributed by atoms with Gasteiger partial charge in [0.25, 0.3) is 0 Å². The monoisotopic (exact) mass is 286 g/mol. The van der Waals surface area contributed by atoms with E-state index in [0.29, 0.717) is 17.8 Å². The highest BCUT2D eigenvalue weighted by molar-refractivity contribution is 5.58. The third kappa shape index (κ3) is 3.59. The molecule has 0 aliphatic heterocycles. The zero-order chi connectivity index (χ0) is 15.4. The molecule has 21 heavy (non-hydrogen) atoms. The molecule has 2 aromatic rings. The molecule has 0 atom stereocenters. The Morgan fingerprint density at radius 2 is 1.57 bits per heavy atom. The number of benzene rings is 1. The third-order valence-corrected chi connectivity index (χ3v) is 3.07. The van der Waals surface area contributed by atoms with Crippen molar-refractivity contribution in [2.75, 3.05) is 42.8 Å². The van der Waals surface area contributed by atoms with Crippen LogP contribution in [0.5, 0.6) is 0 Å². The van der Waals surface area contributed by atoms with Gasteiger partial charge in [0.1, 0.15) is 0 Å². The van der Waals surface area contributed by atoms with E-state index < -0.39 is 0 Å². The number of aryl methyl sites for hydroxylation is 1. The van der Waals surface area contributed by atoms with Crippen molar-refractivity contribution < 1.29 is 0 Å². The summed E-state index contributed by atoms with van der Waals surface area (Å²) in [7, 11) is 5.79. The Morgan fingerprint density at radius 3 is 2.14 bits per heavy atom. The second-order valence-corrected chi connectivity index (χ2v) is 5.08. The molecule has 0 aliphatic carbocycles. The highest BCUT2D eigenvalue weighted by Gasteiger charge is 2.12. The predicted molar refractivity (Wildman–Crippen MR) is 87.6 cm³/mol. The largest absolute Gasteiger partial charge is 0.354 e. The molecule has 0 fully saturated rings. The molecule has 6 nitrogen and oxygen atoms in total. The minimum absolute atomic E-state index is 0.588. The summed E-state index contributed by atoms with van der Waals surface area (Å²) in [4.78, 5) is 17.2. The molecular weight excluding hydrogens is 264 g/mol. The second kappa shape index (κ2) is 6.39. The summed E-state index contributed by atoms with van der Waals surface area (Å²) in [5.74, 6) is 1.84. The average Bonchev–Trinajstić information content (AvgIpc) is 2.47. The first kappa shape index (κ1) is 15.0. The average molecular weight is 286 g/mol. The van der Waals surface area contributed by atoms with Gasteiger partial charge in [0, 0.05) is 33.4 Å². The summed E-state index contributed by atoms with van der Waals surface area (Å²) in [6.45, 7) is 4.85. The Morgan fingerprint density at radius 1 is 0.952 bits per heavy atom. The Hall–Kier alpha value is -2.37. The van der Waals surface area contributed by atoms with Crippen LogP contribution in [0, 0.1) is 6.92 Å². The lowest BCUT2D eigenvalue weighted by atomic mass is 10.2. The standard InChI is InChI=1S/C15H22N6/c1-6-16-13-17-14(20(3)4)19-15(18-13)21(5)12-9-7-11(2)8-10-12/h7-10H,6H2,1-5H3,(H,16,17,18,19). The van der Waals surface area contributed by atoms with Crippen molar-refractivity contribution in [1.82, 2.24) is 15.0 Å². The first-order valence-corrected chi connectivity index (χ1v) is 6.99. The van der Waals surface area contributed by atoms with E-state index >= 15 is 0 Å². The van der Waals surface area contributed by atoms with Crippen molar-refractivity contribution in [2.24, 2.45) is 0 Å². The maximum Gasteiger partial charge on any atom is 0.236 e. The highest BCUT2D eigenvalue weighted by Crippen LogP contribution is 2.22. The van der Waals surface area contributed by atoms with Gasteiger partial charge in [-0.05, 0) is 26.0 Å². The van der Waals surface area contributed by atoms with Gasteiger partial charge in [0.05, 0.1) is 0 Å². The van der Waals surface area contributed by atoms with Gasteiger partial charge in [-0.25, -0.2) is 0 Å². The minimum atomic E-state index is 0.588. The molecule has 0 aliphatic rings. The first-order valence-electron chi connectivity index (χ1n) is 6.99. The van der Waals surface area contributed by atoms with Crippen LogP contribution in [0.4, 0.5) is 23.5 Å². The summed E-state index contributed by atoms with van der Waals surface area (Å²) < 4.78 is 0. The molecule has 0 radical (unpaired) electrons. The molecule has 0 unspecified atom stereocenters. The zero-order valence-corrected chi connectivity index (χ0v) is 13.3. The van der Waals surface area contributed by atoms with Crippen LogP contribution < -0.4 is 15.1 Å². The van der Waals surface area contributed by atoms with Crippen LogP contribution in [0.3, 0.4) is 0 Å². The molecule has 112 valence electrons. The molecule has 6 heteroatoms. The van der Waals surface area contributed by atoms with Crippen LogP contribution >= 0.6 is 0 Å². The maximum absolute atomic E-state index is 4.50. The van der Waals surface area contributed by atoms with Gasteiger partial charge in [0.15, 0.2) is 0 Å². The van der Waals surface area contributed by atoms with E-state index in [2.05, 4.69) is 51.5 Å². The van der Waals surface area contributed by atoms with Crippen LogP contribution in [-0.2, 0) is 0 Å². The van der Waals surface area contributed by atoms with E-state index in [9.17, 15) is 0 Å². The Kier molecular flexibility index (Phi) is 4.57. The van der Waals surface area contributed by atoms with Crippen molar-refractivity contribution in [1.29, 1.82) is 0 Å². The number of nitrogens with one attached hydrogen (secondary N) is 1. The van der Waals surface area contributed by atoms with Crippen molar-refractivity contribution in [2.45, 2.75) is 13.8 Å². The fraction of sp³-hybridized carbons (Fsp3) is 0.400. The summed E-state index contributed by atoms with van der Waals surface area (Å²) >= 11 is 0. The van der Waals surface area contributed by atoms with Crippen LogP contribution in [0.2, 0.25) is 0 Å². The lowest BCUT2D eigenvalue weighted by Gasteiger charge is -2.20. The number of aromatic nitrogens is 3. The summed E-state index contributed by atoms with van der Waals surface area (Å²) in [6.07, 6.45) is 0. The van der Waals surface area contributed by atoms with Gasteiger partial charge >= 0.3 is 0 Å². The molecule has 0 saturated carbocycles. The van der Waals surface area contributed by atoms with E-state index in [1.54, 1.807) is 0 Å². The molecule has 0 amide bonds. The third-order valence-electron chi connectivity index (χ3n) is 3.07. The topological polar surface area (TPSA) is 57.2 Å². The number of hydrogen-bond acceptors (Lipinski definition) is 6. The van der Waals surface area contributed by atoms with E-state index in [1.165, 1.54) is 5.56 Å². The molecule has 1 N–H and O–H groups in total. The molecule has 2 rings (SSSR count). The lowest BCUT2D eigenvalue weighted by Crippen LogP contribution is -2.20. The normalized spacial score (nSPS) is 10.3. The highest BCUT2D eigenvalue weighted by atomic mass is 15.3. The molecule has 0 spiro atoms. The fourth-order valence-corrected chi connectivity index (χ4v) is 1.82. The number of anilines is 4. The van der Waals surface area contributed by atoms with Crippen LogP contribution in [-0.4, -0.2) is 42.6 Å². The second-order valence-electron chi connectivity index (χ2n) is 5.08. The van der Waals surface area contributed by atoms with Crippen molar-refractivity contribution in [3.8, 4) is 0 Å². The Bertz CT molecular complexity index is 594. The smallest absolute Gasteiger partial charge is 0.236 e. The lowest BCUT2D eigenvalue weighted by molar-refractivity contribution is 0.925. The summed E-state index contributed by atoms with van der Waals surface area (Å²) in [5.41, 5.74) is 2.27.